The third-order valence-electron chi connectivity index (χ3n) is 2.97. The van der Waals surface area contributed by atoms with Crippen LogP contribution in [0.15, 0.2) is 48.5 Å². The summed E-state index contributed by atoms with van der Waals surface area (Å²) in [5.74, 6) is -1.36. The molecule has 0 aliphatic heterocycles. The van der Waals surface area contributed by atoms with Crippen LogP contribution < -0.4 is 15.8 Å². The summed E-state index contributed by atoms with van der Waals surface area (Å²) in [7, 11) is 0. The first-order chi connectivity index (χ1) is 11.9. The van der Waals surface area contributed by atoms with E-state index >= 15 is 0 Å². The van der Waals surface area contributed by atoms with Crippen molar-refractivity contribution < 1.29 is 23.9 Å². The predicted molar refractivity (Wildman–Crippen MR) is 91.5 cm³/mol. The SMILES string of the molecule is NC(=O)c1ccc(NC(=O)COC(=O)COc2cccc(Cl)c2)cc1. The first kappa shape index (κ1) is 18.3. The average molecular weight is 363 g/mol. The predicted octanol–water partition coefficient (Wildman–Crippen LogP) is 2.00. The lowest BCUT2D eigenvalue weighted by Gasteiger charge is -2.08. The number of nitrogens with two attached hydrogens (primary N) is 1. The standard InChI is InChI=1S/C17H15ClN2O5/c18-12-2-1-3-14(8-12)24-10-16(22)25-9-15(21)20-13-6-4-11(5-7-13)17(19)23/h1-8H,9-10H2,(H2,19,23)(H,20,21). The van der Waals surface area contributed by atoms with Gasteiger partial charge in [0.2, 0.25) is 5.91 Å². The van der Waals surface area contributed by atoms with Crippen LogP contribution in [0.4, 0.5) is 5.69 Å². The molecule has 0 aliphatic carbocycles. The second kappa shape index (κ2) is 8.70. The van der Waals surface area contributed by atoms with Crippen LogP contribution in [0.3, 0.4) is 0 Å². The van der Waals surface area contributed by atoms with Crippen molar-refractivity contribution in [2.24, 2.45) is 5.73 Å². The molecule has 0 bridgehead atoms. The Labute approximate surface area is 148 Å². The fraction of sp³-hybridized carbons (Fsp3) is 0.118. The van der Waals surface area contributed by atoms with Gasteiger partial charge in [-0.1, -0.05) is 17.7 Å². The number of halogens is 1. The summed E-state index contributed by atoms with van der Waals surface area (Å²) in [5.41, 5.74) is 5.89. The van der Waals surface area contributed by atoms with Crippen LogP contribution >= 0.6 is 11.6 Å². The second-order valence-corrected chi connectivity index (χ2v) is 5.33. The molecule has 2 amide bonds. The van der Waals surface area contributed by atoms with Crippen molar-refractivity contribution in [3.63, 3.8) is 0 Å². The van der Waals surface area contributed by atoms with E-state index in [0.29, 0.717) is 22.0 Å². The number of carbonyl (C=O) groups excluding carboxylic acids is 3. The van der Waals surface area contributed by atoms with E-state index in [0.717, 1.165) is 0 Å². The topological polar surface area (TPSA) is 108 Å². The lowest BCUT2D eigenvalue weighted by atomic mass is 10.2. The molecule has 7 nitrogen and oxygen atoms in total. The van der Waals surface area contributed by atoms with E-state index in [1.54, 1.807) is 24.3 Å². The molecule has 0 radical (unpaired) electrons. The minimum absolute atomic E-state index is 0.322. The Hall–Kier alpha value is -3.06. The molecular weight excluding hydrogens is 348 g/mol. The van der Waals surface area contributed by atoms with Crippen molar-refractivity contribution in [2.45, 2.75) is 0 Å². The monoisotopic (exact) mass is 362 g/mol. The molecule has 0 spiro atoms. The highest BCUT2D eigenvalue weighted by molar-refractivity contribution is 6.30. The molecule has 0 fully saturated rings. The molecule has 8 heteroatoms. The Bertz CT molecular complexity index is 777. The summed E-state index contributed by atoms with van der Waals surface area (Å²) in [6, 6.07) is 12.5. The Morgan fingerprint density at radius 3 is 2.40 bits per heavy atom. The van der Waals surface area contributed by atoms with Crippen molar-refractivity contribution in [1.82, 2.24) is 0 Å². The van der Waals surface area contributed by atoms with Crippen molar-refractivity contribution in [3.8, 4) is 5.75 Å². The highest BCUT2D eigenvalue weighted by Gasteiger charge is 2.09. The number of ether oxygens (including phenoxy) is 2. The molecule has 2 aromatic carbocycles. The molecule has 0 atom stereocenters. The van der Waals surface area contributed by atoms with Crippen molar-refractivity contribution in [3.05, 3.63) is 59.1 Å². The first-order valence-electron chi connectivity index (χ1n) is 7.18. The number of primary amides is 1. The zero-order valence-electron chi connectivity index (χ0n) is 13.0. The van der Waals surface area contributed by atoms with Gasteiger partial charge in [-0.05, 0) is 42.5 Å². The van der Waals surface area contributed by atoms with Gasteiger partial charge in [-0.3, -0.25) is 9.59 Å². The highest BCUT2D eigenvalue weighted by atomic mass is 35.5. The van der Waals surface area contributed by atoms with E-state index in [9.17, 15) is 14.4 Å². The van der Waals surface area contributed by atoms with E-state index in [-0.39, 0.29) is 6.61 Å². The third-order valence-corrected chi connectivity index (χ3v) is 3.21. The zero-order chi connectivity index (χ0) is 18.2. The number of nitrogens with one attached hydrogen (secondary N) is 1. The highest BCUT2D eigenvalue weighted by Crippen LogP contribution is 2.16. The van der Waals surface area contributed by atoms with Gasteiger partial charge in [0.15, 0.2) is 13.2 Å². The van der Waals surface area contributed by atoms with Gasteiger partial charge in [-0.15, -0.1) is 0 Å². The van der Waals surface area contributed by atoms with Crippen LogP contribution in [0, 0.1) is 0 Å². The van der Waals surface area contributed by atoms with Crippen molar-refractivity contribution in [1.29, 1.82) is 0 Å². The summed E-state index contributed by atoms with van der Waals surface area (Å²) in [6.07, 6.45) is 0. The number of esters is 1. The number of rotatable bonds is 7. The maximum Gasteiger partial charge on any atom is 0.344 e. The van der Waals surface area contributed by atoms with Crippen LogP contribution in [-0.2, 0) is 14.3 Å². The van der Waals surface area contributed by atoms with E-state index in [2.05, 4.69) is 5.32 Å². The van der Waals surface area contributed by atoms with Crippen LogP contribution in [-0.4, -0.2) is 31.0 Å². The molecule has 3 N–H and O–H groups in total. The molecule has 0 aliphatic rings. The van der Waals surface area contributed by atoms with E-state index in [4.69, 9.17) is 26.8 Å². The Morgan fingerprint density at radius 2 is 1.76 bits per heavy atom. The molecule has 25 heavy (non-hydrogen) atoms. The largest absolute Gasteiger partial charge is 0.482 e. The molecule has 2 aromatic rings. The van der Waals surface area contributed by atoms with Crippen LogP contribution in [0.2, 0.25) is 5.02 Å². The molecule has 0 saturated carbocycles. The van der Waals surface area contributed by atoms with Gasteiger partial charge >= 0.3 is 5.97 Å². The molecule has 0 unspecified atom stereocenters. The minimum atomic E-state index is -0.695. The van der Waals surface area contributed by atoms with Crippen LogP contribution in [0.1, 0.15) is 10.4 Å². The van der Waals surface area contributed by atoms with Gasteiger partial charge in [0.1, 0.15) is 5.75 Å². The Balaban J connectivity index is 1.73. The molecule has 0 heterocycles. The minimum Gasteiger partial charge on any atom is -0.482 e. The maximum absolute atomic E-state index is 11.7. The number of carbonyl (C=O) groups is 3. The van der Waals surface area contributed by atoms with Crippen molar-refractivity contribution >= 4 is 35.1 Å². The molecule has 0 saturated heterocycles. The van der Waals surface area contributed by atoms with Crippen LogP contribution in [0.25, 0.3) is 0 Å². The molecule has 130 valence electrons. The van der Waals surface area contributed by atoms with E-state index in [1.165, 1.54) is 24.3 Å². The fourth-order valence-corrected chi connectivity index (χ4v) is 1.98. The van der Waals surface area contributed by atoms with Gasteiger partial charge in [-0.25, -0.2) is 4.79 Å². The summed E-state index contributed by atoms with van der Waals surface area (Å²) in [6.45, 7) is -0.809. The van der Waals surface area contributed by atoms with Gasteiger partial charge in [0.05, 0.1) is 0 Å². The lowest BCUT2D eigenvalue weighted by molar-refractivity contribution is -0.149. The summed E-state index contributed by atoms with van der Waals surface area (Å²) in [4.78, 5) is 34.2. The van der Waals surface area contributed by atoms with Gasteiger partial charge < -0.3 is 20.5 Å². The summed E-state index contributed by atoms with van der Waals surface area (Å²) < 4.78 is 10.0. The number of amides is 2. The number of benzene rings is 2. The third kappa shape index (κ3) is 6.15. The number of hydrogen-bond donors (Lipinski definition) is 2. The Kier molecular flexibility index (Phi) is 6.36. The molecule has 0 aromatic heterocycles. The van der Waals surface area contributed by atoms with E-state index in [1.807, 2.05) is 0 Å². The van der Waals surface area contributed by atoms with Gasteiger partial charge in [0, 0.05) is 16.3 Å². The van der Waals surface area contributed by atoms with Gasteiger partial charge in [0.25, 0.3) is 5.91 Å². The second-order valence-electron chi connectivity index (χ2n) is 4.90. The molecule has 2 rings (SSSR count). The number of hydrogen-bond acceptors (Lipinski definition) is 5. The smallest absolute Gasteiger partial charge is 0.344 e. The molecular formula is C17H15ClN2O5. The first-order valence-corrected chi connectivity index (χ1v) is 7.55. The fourth-order valence-electron chi connectivity index (χ4n) is 1.80. The Morgan fingerprint density at radius 1 is 1.04 bits per heavy atom. The quantitative estimate of drug-likeness (QED) is 0.732. The van der Waals surface area contributed by atoms with E-state index < -0.39 is 24.4 Å². The lowest BCUT2D eigenvalue weighted by Crippen LogP contribution is -2.23. The normalized spacial score (nSPS) is 9.96. The summed E-state index contributed by atoms with van der Waals surface area (Å²) >= 11 is 5.79. The maximum atomic E-state index is 11.7. The van der Waals surface area contributed by atoms with Crippen LogP contribution in [0.5, 0.6) is 5.75 Å². The average Bonchev–Trinajstić information content (AvgIpc) is 2.58. The number of anilines is 1. The summed E-state index contributed by atoms with van der Waals surface area (Å²) in [5, 5.41) is 3.00. The van der Waals surface area contributed by atoms with Crippen molar-refractivity contribution in [2.75, 3.05) is 18.5 Å². The van der Waals surface area contributed by atoms with Gasteiger partial charge in [-0.2, -0.15) is 0 Å². The zero-order valence-corrected chi connectivity index (χ0v) is 13.8.